The molecular weight excluding hydrogens is 397 g/mol. The lowest BCUT2D eigenvalue weighted by Crippen LogP contribution is -2.26. The second-order valence-corrected chi connectivity index (χ2v) is 10.4. The Kier molecular flexibility index (Phi) is 7.54. The zero-order valence-electron chi connectivity index (χ0n) is 19.3. The highest BCUT2D eigenvalue weighted by atomic mass is 19.3. The topological polar surface area (TPSA) is 9.23 Å². The summed E-state index contributed by atoms with van der Waals surface area (Å²) in [6.07, 6.45) is 11.2. The molecule has 0 spiro atoms. The van der Waals surface area contributed by atoms with E-state index in [0.29, 0.717) is 5.56 Å². The van der Waals surface area contributed by atoms with Gasteiger partial charge in [-0.25, -0.2) is 13.2 Å². The molecule has 1 aliphatic heterocycles. The van der Waals surface area contributed by atoms with Crippen molar-refractivity contribution in [3.63, 3.8) is 0 Å². The summed E-state index contributed by atoms with van der Waals surface area (Å²) >= 11 is 0. The molecule has 3 aliphatic rings. The molecule has 0 N–H and O–H groups in total. The summed E-state index contributed by atoms with van der Waals surface area (Å²) in [6.45, 7) is 4.36. The maximum absolute atomic E-state index is 15.3. The van der Waals surface area contributed by atoms with Crippen molar-refractivity contribution in [1.29, 1.82) is 0 Å². The average Bonchev–Trinajstić information content (AvgIpc) is 2.79. The zero-order chi connectivity index (χ0) is 22.0. The molecule has 1 aromatic rings. The Labute approximate surface area is 186 Å². The number of aryl methyl sites for hydroxylation is 1. The number of benzene rings is 1. The van der Waals surface area contributed by atoms with E-state index in [-0.39, 0.29) is 23.3 Å². The Morgan fingerprint density at radius 1 is 0.935 bits per heavy atom. The highest BCUT2D eigenvalue weighted by molar-refractivity contribution is 5.47. The number of ether oxygens (including phenoxy) is 1. The van der Waals surface area contributed by atoms with Crippen LogP contribution in [0.1, 0.15) is 120 Å². The molecule has 1 aromatic carbocycles. The van der Waals surface area contributed by atoms with Crippen LogP contribution in [0.3, 0.4) is 0 Å². The van der Waals surface area contributed by atoms with E-state index in [4.69, 9.17) is 4.74 Å². The first-order chi connectivity index (χ1) is 15.0. The molecule has 2 aliphatic carbocycles. The molecule has 0 radical (unpaired) electrons. The summed E-state index contributed by atoms with van der Waals surface area (Å²) in [7, 11) is 0. The minimum absolute atomic E-state index is 0.0541. The molecule has 174 valence electrons. The fraction of sp³-hybridized carbons (Fsp3) is 0.778. The standard InChI is InChI=1S/C27H39F3O/c1-3-5-22-15-14-21-16-23(24(27(29)30)25(28)26(21)31-22)20-12-10-19(11-13-20)18-8-6-17(4-2)7-9-18/h16-20,22,27H,3-15H2,1-2H3. The first kappa shape index (κ1) is 23.0. The van der Waals surface area contributed by atoms with E-state index < -0.39 is 12.2 Å². The molecule has 0 aromatic heterocycles. The highest BCUT2D eigenvalue weighted by Crippen LogP contribution is 2.48. The van der Waals surface area contributed by atoms with Gasteiger partial charge in [-0.15, -0.1) is 0 Å². The lowest BCUT2D eigenvalue weighted by atomic mass is 9.67. The first-order valence-corrected chi connectivity index (χ1v) is 12.8. The molecule has 0 bridgehead atoms. The molecule has 0 saturated heterocycles. The van der Waals surface area contributed by atoms with Crippen molar-refractivity contribution in [2.75, 3.05) is 0 Å². The van der Waals surface area contributed by atoms with Gasteiger partial charge >= 0.3 is 0 Å². The second-order valence-electron chi connectivity index (χ2n) is 10.4. The van der Waals surface area contributed by atoms with Crippen LogP contribution < -0.4 is 4.74 Å². The number of hydrogen-bond donors (Lipinski definition) is 0. The van der Waals surface area contributed by atoms with Crippen molar-refractivity contribution in [3.05, 3.63) is 28.6 Å². The maximum atomic E-state index is 15.3. The van der Waals surface area contributed by atoms with Gasteiger partial charge < -0.3 is 4.74 Å². The second kappa shape index (κ2) is 10.2. The van der Waals surface area contributed by atoms with E-state index in [1.54, 1.807) is 0 Å². The van der Waals surface area contributed by atoms with E-state index in [0.717, 1.165) is 74.7 Å². The molecule has 4 rings (SSSR count). The monoisotopic (exact) mass is 436 g/mol. The minimum atomic E-state index is -2.79. The van der Waals surface area contributed by atoms with Crippen molar-refractivity contribution >= 4 is 0 Å². The largest absolute Gasteiger partial charge is 0.487 e. The average molecular weight is 437 g/mol. The molecule has 1 heterocycles. The Morgan fingerprint density at radius 2 is 1.58 bits per heavy atom. The third-order valence-electron chi connectivity index (χ3n) is 8.56. The smallest absolute Gasteiger partial charge is 0.267 e. The van der Waals surface area contributed by atoms with Crippen molar-refractivity contribution in [2.24, 2.45) is 17.8 Å². The van der Waals surface area contributed by atoms with Gasteiger partial charge in [0, 0.05) is 0 Å². The van der Waals surface area contributed by atoms with Gasteiger partial charge in [0.1, 0.15) is 0 Å². The van der Waals surface area contributed by atoms with Crippen molar-refractivity contribution in [3.8, 4) is 5.75 Å². The molecule has 0 amide bonds. The van der Waals surface area contributed by atoms with Crippen LogP contribution in [0.2, 0.25) is 0 Å². The number of rotatable bonds is 6. The van der Waals surface area contributed by atoms with Crippen LogP contribution in [-0.2, 0) is 6.42 Å². The van der Waals surface area contributed by atoms with E-state index in [9.17, 15) is 8.78 Å². The Balaban J connectivity index is 1.48. The zero-order valence-corrected chi connectivity index (χ0v) is 19.3. The van der Waals surface area contributed by atoms with Crippen molar-refractivity contribution in [2.45, 2.75) is 116 Å². The molecule has 1 atom stereocenters. The molecule has 1 unspecified atom stereocenters. The van der Waals surface area contributed by atoms with E-state index in [2.05, 4.69) is 13.8 Å². The van der Waals surface area contributed by atoms with E-state index in [1.807, 2.05) is 6.07 Å². The predicted octanol–water partition coefficient (Wildman–Crippen LogP) is 8.75. The van der Waals surface area contributed by atoms with Gasteiger partial charge in [0.15, 0.2) is 11.6 Å². The molecule has 1 nitrogen and oxygen atoms in total. The summed E-state index contributed by atoms with van der Waals surface area (Å²) in [5.74, 6) is 1.81. The number of halogens is 3. The van der Waals surface area contributed by atoms with Crippen LogP contribution in [0, 0.1) is 23.6 Å². The lowest BCUT2D eigenvalue weighted by molar-refractivity contribution is 0.130. The highest BCUT2D eigenvalue weighted by Gasteiger charge is 2.35. The van der Waals surface area contributed by atoms with E-state index >= 15 is 4.39 Å². The third-order valence-corrected chi connectivity index (χ3v) is 8.56. The fourth-order valence-electron chi connectivity index (χ4n) is 6.63. The van der Waals surface area contributed by atoms with Crippen molar-refractivity contribution < 1.29 is 17.9 Å². The summed E-state index contributed by atoms with van der Waals surface area (Å²) in [6, 6.07) is 1.87. The molecule has 31 heavy (non-hydrogen) atoms. The summed E-state index contributed by atoms with van der Waals surface area (Å²) < 4.78 is 49.1. The van der Waals surface area contributed by atoms with Crippen molar-refractivity contribution in [1.82, 2.24) is 0 Å². The van der Waals surface area contributed by atoms with Gasteiger partial charge in [-0.2, -0.15) is 0 Å². The molecule has 2 fully saturated rings. The normalized spacial score (nSPS) is 31.4. The number of hydrogen-bond acceptors (Lipinski definition) is 1. The van der Waals surface area contributed by atoms with E-state index in [1.165, 1.54) is 32.1 Å². The van der Waals surface area contributed by atoms with Gasteiger partial charge in [0.2, 0.25) is 0 Å². The number of fused-ring (bicyclic) bond motifs is 1. The first-order valence-electron chi connectivity index (χ1n) is 12.8. The minimum Gasteiger partial charge on any atom is -0.487 e. The van der Waals surface area contributed by atoms with Gasteiger partial charge in [-0.1, -0.05) is 45.6 Å². The van der Waals surface area contributed by atoms with Crippen LogP contribution in [-0.4, -0.2) is 6.10 Å². The molecule has 4 heteroatoms. The molecular formula is C27H39F3O. The van der Waals surface area contributed by atoms with Gasteiger partial charge in [0.25, 0.3) is 6.43 Å². The SMILES string of the molecule is CCCC1CCc2cc(C3CCC(C4CCC(CC)CC4)CC3)c(C(F)F)c(F)c2O1. The quantitative estimate of drug-likeness (QED) is 0.433. The van der Waals surface area contributed by atoms with Crippen LogP contribution >= 0.6 is 0 Å². The fourth-order valence-corrected chi connectivity index (χ4v) is 6.63. The summed E-state index contributed by atoms with van der Waals surface area (Å²) in [5.41, 5.74) is 0.976. The molecule has 2 saturated carbocycles. The Morgan fingerprint density at radius 3 is 2.16 bits per heavy atom. The van der Waals surface area contributed by atoms with Crippen LogP contribution in [0.25, 0.3) is 0 Å². The summed E-state index contributed by atoms with van der Waals surface area (Å²) in [5, 5.41) is 0. The summed E-state index contributed by atoms with van der Waals surface area (Å²) in [4.78, 5) is 0. The Hall–Kier alpha value is -1.19. The van der Waals surface area contributed by atoms with Gasteiger partial charge in [-0.3, -0.25) is 0 Å². The van der Waals surface area contributed by atoms with Crippen LogP contribution in [0.5, 0.6) is 5.75 Å². The lowest BCUT2D eigenvalue weighted by Gasteiger charge is -2.38. The van der Waals surface area contributed by atoms with Gasteiger partial charge in [0.05, 0.1) is 11.7 Å². The maximum Gasteiger partial charge on any atom is 0.267 e. The Bertz CT molecular complexity index is 730. The van der Waals surface area contributed by atoms with Crippen LogP contribution in [0.4, 0.5) is 13.2 Å². The van der Waals surface area contributed by atoms with Crippen LogP contribution in [0.15, 0.2) is 6.07 Å². The third kappa shape index (κ3) is 4.93. The predicted molar refractivity (Wildman–Crippen MR) is 119 cm³/mol. The number of alkyl halides is 2. The van der Waals surface area contributed by atoms with Gasteiger partial charge in [-0.05, 0) is 92.6 Å².